The molecule has 2 amide bonds. The maximum atomic E-state index is 12.5. The fourth-order valence-corrected chi connectivity index (χ4v) is 1.94. The van der Waals surface area contributed by atoms with Crippen molar-refractivity contribution in [1.82, 2.24) is 10.2 Å². The van der Waals surface area contributed by atoms with E-state index >= 15 is 0 Å². The third-order valence-corrected chi connectivity index (χ3v) is 3.27. The first kappa shape index (κ1) is 18.5. The van der Waals surface area contributed by atoms with Crippen molar-refractivity contribution in [3.05, 3.63) is 0 Å². The normalized spacial score (nSPS) is 16.9. The molecule has 128 valence electrons. The molecule has 0 atom stereocenters. The summed E-state index contributed by atoms with van der Waals surface area (Å²) in [6, 6.07) is -0.465. The molecule has 0 spiro atoms. The van der Waals surface area contributed by atoms with Crippen LogP contribution in [0.5, 0.6) is 0 Å². The summed E-state index contributed by atoms with van der Waals surface area (Å²) in [5.41, 5.74) is 0. The lowest BCUT2D eigenvalue weighted by atomic mass is 9.97. The Bertz CT molecular complexity index is 387. The molecular weight excluding hydrogens is 312 g/mol. The Hall–Kier alpha value is -1.58. The fraction of sp³-hybridized carbons (Fsp3) is 0.833. The molecule has 0 aromatic rings. The number of carbonyl (C=O) groups excluding carboxylic acids is 1. The average Bonchev–Trinajstić information content (AvgIpc) is 2.46. The molecule has 0 radical (unpaired) electrons. The summed E-state index contributed by atoms with van der Waals surface area (Å²) in [6.07, 6.45) is -3.10. The van der Waals surface area contributed by atoms with Crippen LogP contribution in [0.15, 0.2) is 0 Å². The first-order valence-corrected chi connectivity index (χ1v) is 6.73. The molecule has 22 heavy (non-hydrogen) atoms. The maximum Gasteiger partial charge on any atom is 0.330 e. The lowest BCUT2D eigenvalue weighted by molar-refractivity contribution is -0.165. The van der Waals surface area contributed by atoms with Gasteiger partial charge in [0.1, 0.15) is 6.61 Å². The first-order valence-electron chi connectivity index (χ1n) is 6.73. The van der Waals surface area contributed by atoms with Crippen LogP contribution in [-0.2, 0) is 9.53 Å². The second-order valence-electron chi connectivity index (χ2n) is 4.95. The van der Waals surface area contributed by atoms with E-state index in [1.165, 1.54) is 4.90 Å². The smallest absolute Gasteiger partial charge is 0.330 e. The van der Waals surface area contributed by atoms with Crippen molar-refractivity contribution in [3.63, 3.8) is 0 Å². The van der Waals surface area contributed by atoms with Gasteiger partial charge in [-0.05, 0) is 12.8 Å². The number of amides is 2. The molecule has 1 rings (SSSR count). The standard InChI is InChI=1S/C12H18F4N2O4/c13-10(14)12(15,16)7-22-6-3-17-11(21)18-4-1-8(2-5-18)9(19)20/h8,10H,1-7H2,(H,17,21)(H,19,20). The van der Waals surface area contributed by atoms with E-state index in [2.05, 4.69) is 10.1 Å². The zero-order chi connectivity index (χ0) is 16.8. The van der Waals surface area contributed by atoms with Gasteiger partial charge in [0.15, 0.2) is 0 Å². The summed E-state index contributed by atoms with van der Waals surface area (Å²) in [5.74, 6) is -5.57. The minimum Gasteiger partial charge on any atom is -0.481 e. The molecule has 0 unspecified atom stereocenters. The van der Waals surface area contributed by atoms with E-state index < -0.39 is 36.9 Å². The summed E-state index contributed by atoms with van der Waals surface area (Å²) in [6.45, 7) is -1.26. The molecule has 1 aliphatic heterocycles. The van der Waals surface area contributed by atoms with Crippen molar-refractivity contribution in [3.8, 4) is 0 Å². The highest BCUT2D eigenvalue weighted by Crippen LogP contribution is 2.22. The van der Waals surface area contributed by atoms with Crippen molar-refractivity contribution < 1.29 is 37.0 Å². The second kappa shape index (κ2) is 8.16. The second-order valence-corrected chi connectivity index (χ2v) is 4.95. The summed E-state index contributed by atoms with van der Waals surface area (Å²) >= 11 is 0. The number of carbonyl (C=O) groups is 2. The molecule has 1 heterocycles. The van der Waals surface area contributed by atoms with E-state index in [-0.39, 0.29) is 26.2 Å². The lowest BCUT2D eigenvalue weighted by Gasteiger charge is -2.30. The number of urea groups is 1. The van der Waals surface area contributed by atoms with Crippen LogP contribution in [0.25, 0.3) is 0 Å². The summed E-state index contributed by atoms with van der Waals surface area (Å²) in [5, 5.41) is 11.2. The molecule has 1 fully saturated rings. The lowest BCUT2D eigenvalue weighted by Crippen LogP contribution is -2.46. The number of likely N-dealkylation sites (tertiary alicyclic amines) is 1. The third kappa shape index (κ3) is 5.66. The van der Waals surface area contributed by atoms with Crippen LogP contribution in [0.2, 0.25) is 0 Å². The van der Waals surface area contributed by atoms with Crippen molar-refractivity contribution in [1.29, 1.82) is 0 Å². The van der Waals surface area contributed by atoms with Crippen LogP contribution >= 0.6 is 0 Å². The third-order valence-electron chi connectivity index (χ3n) is 3.27. The molecule has 6 nitrogen and oxygen atoms in total. The molecular formula is C12H18F4N2O4. The average molecular weight is 330 g/mol. The molecule has 2 N–H and O–H groups in total. The van der Waals surface area contributed by atoms with Gasteiger partial charge in [-0.25, -0.2) is 13.6 Å². The number of ether oxygens (including phenoxy) is 1. The van der Waals surface area contributed by atoms with Crippen molar-refractivity contribution >= 4 is 12.0 Å². The minimum atomic E-state index is -4.21. The van der Waals surface area contributed by atoms with Gasteiger partial charge in [0.25, 0.3) is 0 Å². The monoisotopic (exact) mass is 330 g/mol. The van der Waals surface area contributed by atoms with Crippen LogP contribution in [0.1, 0.15) is 12.8 Å². The van der Waals surface area contributed by atoms with Gasteiger partial charge in [-0.15, -0.1) is 0 Å². The molecule has 10 heteroatoms. The SMILES string of the molecule is O=C(O)C1CCN(C(=O)NCCOCC(F)(F)C(F)F)CC1. The number of hydrogen-bond acceptors (Lipinski definition) is 3. The van der Waals surface area contributed by atoms with Gasteiger partial charge in [-0.1, -0.05) is 0 Å². The number of nitrogens with one attached hydrogen (secondary N) is 1. The number of carboxylic acids is 1. The molecule has 1 aliphatic rings. The van der Waals surface area contributed by atoms with E-state index in [0.29, 0.717) is 12.8 Å². The van der Waals surface area contributed by atoms with Gasteiger partial charge in [0, 0.05) is 19.6 Å². The molecule has 0 bridgehead atoms. The van der Waals surface area contributed by atoms with Gasteiger partial charge >= 0.3 is 24.3 Å². The van der Waals surface area contributed by atoms with E-state index in [4.69, 9.17) is 5.11 Å². The van der Waals surface area contributed by atoms with Crippen LogP contribution < -0.4 is 5.32 Å². The minimum absolute atomic E-state index is 0.100. The Morgan fingerprint density at radius 3 is 2.41 bits per heavy atom. The van der Waals surface area contributed by atoms with E-state index in [9.17, 15) is 27.2 Å². The molecule has 1 saturated heterocycles. The zero-order valence-electron chi connectivity index (χ0n) is 11.7. The highest BCUT2D eigenvalue weighted by Gasteiger charge is 2.40. The topological polar surface area (TPSA) is 78.9 Å². The first-order chi connectivity index (χ1) is 10.2. The number of carboxylic acid groups (broad SMARTS) is 1. The Kier molecular flexibility index (Phi) is 6.85. The Morgan fingerprint density at radius 2 is 1.91 bits per heavy atom. The molecule has 0 saturated carbocycles. The van der Waals surface area contributed by atoms with Crippen LogP contribution in [-0.4, -0.2) is 67.2 Å². The van der Waals surface area contributed by atoms with E-state index in [1.807, 2.05) is 0 Å². The number of nitrogens with zero attached hydrogens (tertiary/aromatic N) is 1. The molecule has 0 aliphatic carbocycles. The van der Waals surface area contributed by atoms with Gasteiger partial charge in [-0.3, -0.25) is 4.79 Å². The van der Waals surface area contributed by atoms with Crippen LogP contribution in [0.4, 0.5) is 22.4 Å². The Morgan fingerprint density at radius 1 is 1.32 bits per heavy atom. The summed E-state index contributed by atoms with van der Waals surface area (Å²) in [7, 11) is 0. The van der Waals surface area contributed by atoms with Crippen molar-refractivity contribution in [2.45, 2.75) is 25.2 Å². The Balaban J connectivity index is 2.16. The predicted molar refractivity (Wildman–Crippen MR) is 67.1 cm³/mol. The summed E-state index contributed by atoms with van der Waals surface area (Å²) < 4.78 is 53.1. The highest BCUT2D eigenvalue weighted by atomic mass is 19.3. The highest BCUT2D eigenvalue weighted by molar-refractivity contribution is 5.75. The van der Waals surface area contributed by atoms with Gasteiger partial charge in [0.2, 0.25) is 0 Å². The van der Waals surface area contributed by atoms with Gasteiger partial charge < -0.3 is 20.1 Å². The van der Waals surface area contributed by atoms with Gasteiger partial charge in [0.05, 0.1) is 12.5 Å². The van der Waals surface area contributed by atoms with Crippen molar-refractivity contribution in [2.75, 3.05) is 32.8 Å². The number of aliphatic carboxylic acids is 1. The number of rotatable bonds is 7. The predicted octanol–water partition coefficient (Wildman–Crippen LogP) is 1.41. The van der Waals surface area contributed by atoms with Crippen LogP contribution in [0.3, 0.4) is 0 Å². The quantitative estimate of drug-likeness (QED) is 0.546. The van der Waals surface area contributed by atoms with E-state index in [1.54, 1.807) is 0 Å². The number of hydrogen-bond donors (Lipinski definition) is 2. The molecule has 0 aromatic heterocycles. The van der Waals surface area contributed by atoms with E-state index in [0.717, 1.165) is 0 Å². The number of alkyl halides is 4. The van der Waals surface area contributed by atoms with Crippen molar-refractivity contribution in [2.24, 2.45) is 5.92 Å². The van der Waals surface area contributed by atoms with Crippen LogP contribution in [0, 0.1) is 5.92 Å². The maximum absolute atomic E-state index is 12.5. The Labute approximate surface area is 124 Å². The number of halogens is 4. The zero-order valence-corrected chi connectivity index (χ0v) is 11.7. The van der Waals surface area contributed by atoms with Gasteiger partial charge in [-0.2, -0.15) is 8.78 Å². The fourth-order valence-electron chi connectivity index (χ4n) is 1.94. The summed E-state index contributed by atoms with van der Waals surface area (Å²) in [4.78, 5) is 23.8. The largest absolute Gasteiger partial charge is 0.481 e. The molecule has 0 aromatic carbocycles. The number of piperidine rings is 1.